The maximum Gasteiger partial charge on any atom is 0.291 e. The highest BCUT2D eigenvalue weighted by Crippen LogP contribution is 2.46. The summed E-state index contributed by atoms with van der Waals surface area (Å²) < 4.78 is 25.8. The van der Waals surface area contributed by atoms with E-state index in [-0.39, 0.29) is 10.7 Å². The second-order valence-electron chi connectivity index (χ2n) is 8.41. The van der Waals surface area contributed by atoms with Crippen LogP contribution >= 0.6 is 0 Å². The Hall–Kier alpha value is -2.67. The maximum atomic E-state index is 13.3. The van der Waals surface area contributed by atoms with Crippen LogP contribution in [0.5, 0.6) is 11.5 Å². The number of rotatable bonds is 4. The predicted octanol–water partition coefficient (Wildman–Crippen LogP) is 5.96. The quantitative estimate of drug-likeness (QED) is 0.360. The van der Waals surface area contributed by atoms with E-state index in [9.17, 15) is 14.5 Å². The van der Waals surface area contributed by atoms with Crippen LogP contribution in [0.1, 0.15) is 38.0 Å². The lowest BCUT2D eigenvalue weighted by Crippen LogP contribution is -2.44. The zero-order valence-corrected chi connectivity index (χ0v) is 17.7. The third kappa shape index (κ3) is 3.80. The van der Waals surface area contributed by atoms with Crippen molar-refractivity contribution in [3.8, 4) is 11.5 Å². The van der Waals surface area contributed by atoms with Crippen LogP contribution < -0.4 is 9.16 Å². The van der Waals surface area contributed by atoms with Crippen LogP contribution in [-0.2, 0) is 0 Å². The molecule has 1 unspecified atom stereocenters. The molecule has 0 bridgehead atoms. The van der Waals surface area contributed by atoms with Gasteiger partial charge in [-0.2, -0.15) is 0 Å². The van der Waals surface area contributed by atoms with Gasteiger partial charge in [0.05, 0.1) is 4.92 Å². The summed E-state index contributed by atoms with van der Waals surface area (Å²) in [6.45, 7) is 10.7. The molecule has 1 atom stereocenters. The summed E-state index contributed by atoms with van der Waals surface area (Å²) in [5.41, 5.74) is 1.02. The van der Waals surface area contributed by atoms with Gasteiger partial charge in [0.2, 0.25) is 6.10 Å². The molecule has 0 spiro atoms. The fraction of sp³-hybridized carbons (Fsp3) is 0.333. The van der Waals surface area contributed by atoms with Gasteiger partial charge < -0.3 is 9.16 Å². The van der Waals surface area contributed by atoms with E-state index in [0.29, 0.717) is 22.6 Å². The number of ether oxygens (including phenoxy) is 1. The monoisotopic (exact) mass is 401 g/mol. The van der Waals surface area contributed by atoms with E-state index in [1.165, 1.54) is 30.3 Å². The van der Waals surface area contributed by atoms with E-state index in [0.717, 1.165) is 0 Å². The van der Waals surface area contributed by atoms with E-state index in [2.05, 4.69) is 33.9 Å². The number of hydrogen-bond donors (Lipinski definition) is 0. The van der Waals surface area contributed by atoms with Crippen molar-refractivity contribution in [2.45, 2.75) is 45.0 Å². The molecule has 148 valence electrons. The van der Waals surface area contributed by atoms with E-state index in [4.69, 9.17) is 9.16 Å². The Morgan fingerprint density at radius 1 is 1.14 bits per heavy atom. The molecule has 0 fully saturated rings. The molecule has 0 saturated heterocycles. The molecule has 7 heteroatoms. The Bertz CT molecular complexity index is 932. The van der Waals surface area contributed by atoms with E-state index in [1.807, 2.05) is 6.07 Å². The molecule has 28 heavy (non-hydrogen) atoms. The largest absolute Gasteiger partial charge is 0.541 e. The summed E-state index contributed by atoms with van der Waals surface area (Å²) in [4.78, 5) is 11.2. The van der Waals surface area contributed by atoms with Gasteiger partial charge in [-0.1, -0.05) is 45.0 Å². The molecule has 0 aromatic heterocycles. The topological polar surface area (TPSA) is 61.6 Å². The normalized spacial score (nSPS) is 16.6. The molecule has 0 radical (unpaired) electrons. The van der Waals surface area contributed by atoms with Gasteiger partial charge >= 0.3 is 0 Å². The van der Waals surface area contributed by atoms with Gasteiger partial charge in [-0.3, -0.25) is 10.1 Å². The van der Waals surface area contributed by atoms with Gasteiger partial charge in [0.15, 0.2) is 5.75 Å². The number of fused-ring (bicyclic) bond motifs is 1. The highest BCUT2D eigenvalue weighted by Gasteiger charge is 2.41. The standard InChI is InChI=1S/C21H24FNO4Si/c1-21(2,3)28(4,5)27-18-8-6-7-15-13-17(23(24)25)19(26-20(15)18)14-9-11-16(22)12-10-14/h6-13,19H,1-5H3. The predicted molar refractivity (Wildman–Crippen MR) is 109 cm³/mol. The smallest absolute Gasteiger partial charge is 0.291 e. The molecule has 1 heterocycles. The third-order valence-electron chi connectivity index (χ3n) is 5.37. The molecule has 1 aliphatic heterocycles. The Labute approximate surface area is 165 Å². The van der Waals surface area contributed by atoms with Crippen molar-refractivity contribution in [1.82, 2.24) is 0 Å². The number of halogens is 1. The highest BCUT2D eigenvalue weighted by molar-refractivity contribution is 6.74. The fourth-order valence-corrected chi connectivity index (χ4v) is 3.74. The third-order valence-corrected chi connectivity index (χ3v) is 9.71. The molecule has 0 aliphatic carbocycles. The molecular formula is C21H24FNO4Si. The Morgan fingerprint density at radius 3 is 2.36 bits per heavy atom. The summed E-state index contributed by atoms with van der Waals surface area (Å²) in [5, 5.41) is 11.6. The van der Waals surface area contributed by atoms with Crippen molar-refractivity contribution in [3.63, 3.8) is 0 Å². The number of benzene rings is 2. The van der Waals surface area contributed by atoms with Crippen LogP contribution in [0.15, 0.2) is 48.2 Å². The lowest BCUT2D eigenvalue weighted by Gasteiger charge is -2.37. The lowest BCUT2D eigenvalue weighted by molar-refractivity contribution is -0.434. The second kappa shape index (κ2) is 7.05. The average molecular weight is 402 g/mol. The van der Waals surface area contributed by atoms with Crippen LogP contribution in [-0.4, -0.2) is 13.2 Å². The van der Waals surface area contributed by atoms with Crippen molar-refractivity contribution in [2.75, 3.05) is 0 Å². The molecule has 0 N–H and O–H groups in total. The van der Waals surface area contributed by atoms with E-state index < -0.39 is 25.2 Å². The van der Waals surface area contributed by atoms with Gasteiger partial charge in [-0.05, 0) is 36.3 Å². The summed E-state index contributed by atoms with van der Waals surface area (Å²) in [5.74, 6) is 0.649. The SMILES string of the molecule is CC(C)(C)[Si](C)(C)Oc1cccc2c1OC(c1ccc(F)cc1)C([N+](=O)[O-])=C2. The Kier molecular flexibility index (Phi) is 5.05. The van der Waals surface area contributed by atoms with Crippen LogP contribution in [0.25, 0.3) is 6.08 Å². The van der Waals surface area contributed by atoms with E-state index in [1.54, 1.807) is 12.1 Å². The molecule has 0 saturated carbocycles. The molecule has 3 rings (SSSR count). The second-order valence-corrected chi connectivity index (χ2v) is 13.1. The van der Waals surface area contributed by atoms with Crippen LogP contribution in [0.4, 0.5) is 4.39 Å². The Balaban J connectivity index is 2.06. The number of nitrogens with zero attached hydrogens (tertiary/aromatic N) is 1. The van der Waals surface area contributed by atoms with Crippen molar-refractivity contribution in [2.24, 2.45) is 0 Å². The zero-order chi connectivity index (χ0) is 20.7. The molecule has 0 amide bonds. The van der Waals surface area contributed by atoms with Crippen LogP contribution in [0.2, 0.25) is 18.1 Å². The van der Waals surface area contributed by atoms with Crippen molar-refractivity contribution >= 4 is 14.4 Å². The summed E-state index contributed by atoms with van der Waals surface area (Å²) in [7, 11) is -2.14. The maximum absolute atomic E-state index is 13.3. The summed E-state index contributed by atoms with van der Waals surface area (Å²) in [6, 6.07) is 10.9. The first-order valence-corrected chi connectivity index (χ1v) is 12.0. The lowest BCUT2D eigenvalue weighted by atomic mass is 10.0. The highest BCUT2D eigenvalue weighted by atomic mass is 28.4. The van der Waals surface area contributed by atoms with Crippen molar-refractivity contribution in [1.29, 1.82) is 0 Å². The molecule has 2 aromatic carbocycles. The number of para-hydroxylation sites is 1. The summed E-state index contributed by atoms with van der Waals surface area (Å²) >= 11 is 0. The molecular weight excluding hydrogens is 377 g/mol. The number of nitro groups is 1. The van der Waals surface area contributed by atoms with Gasteiger partial charge in [0, 0.05) is 17.2 Å². The molecule has 5 nitrogen and oxygen atoms in total. The average Bonchev–Trinajstić information content (AvgIpc) is 2.60. The zero-order valence-electron chi connectivity index (χ0n) is 16.7. The van der Waals surface area contributed by atoms with Crippen LogP contribution in [0, 0.1) is 15.9 Å². The Morgan fingerprint density at radius 2 is 1.79 bits per heavy atom. The fourth-order valence-electron chi connectivity index (χ4n) is 2.72. The minimum Gasteiger partial charge on any atom is -0.541 e. The molecule has 1 aliphatic rings. The summed E-state index contributed by atoms with van der Waals surface area (Å²) in [6.07, 6.45) is 0.568. The van der Waals surface area contributed by atoms with Gasteiger partial charge in [-0.15, -0.1) is 0 Å². The van der Waals surface area contributed by atoms with Crippen LogP contribution in [0.3, 0.4) is 0 Å². The number of hydrogen-bond acceptors (Lipinski definition) is 4. The van der Waals surface area contributed by atoms with E-state index >= 15 is 0 Å². The molecule has 2 aromatic rings. The first kappa shape index (κ1) is 20.1. The van der Waals surface area contributed by atoms with Crippen molar-refractivity contribution in [3.05, 3.63) is 75.2 Å². The first-order valence-electron chi connectivity index (χ1n) is 9.10. The van der Waals surface area contributed by atoms with Gasteiger partial charge in [0.25, 0.3) is 14.0 Å². The van der Waals surface area contributed by atoms with Crippen molar-refractivity contribution < 1.29 is 18.5 Å². The minimum absolute atomic E-state index is 0.0113. The minimum atomic E-state index is -2.14. The van der Waals surface area contributed by atoms with Gasteiger partial charge in [-0.25, -0.2) is 4.39 Å². The van der Waals surface area contributed by atoms with Gasteiger partial charge in [0.1, 0.15) is 11.6 Å². The first-order chi connectivity index (χ1) is 13.0.